The Hall–Kier alpha value is -2.09. The molecule has 4 heteroatoms. The van der Waals surface area contributed by atoms with Gasteiger partial charge in [-0.1, -0.05) is 30.0 Å². The van der Waals surface area contributed by atoms with Crippen molar-refractivity contribution in [1.29, 1.82) is 0 Å². The minimum atomic E-state index is -0.0637. The SMILES string of the molecule is Cc1ccc(C(=O)NCc2ccccc2C#CCCO)s1. The average molecular weight is 299 g/mol. The standard InChI is InChI=1S/C17H17NO2S/c1-13-9-10-16(21-13)17(20)18-12-15-8-3-2-6-14(15)7-4-5-11-19/h2-3,6,8-10,19H,5,11-12H2,1H3,(H,18,20). The number of carbonyl (C=O) groups is 1. The second-order valence-electron chi connectivity index (χ2n) is 4.53. The number of aliphatic hydroxyl groups is 1. The minimum absolute atomic E-state index is 0.0592. The smallest absolute Gasteiger partial charge is 0.261 e. The van der Waals surface area contributed by atoms with Crippen molar-refractivity contribution in [2.75, 3.05) is 6.61 Å². The van der Waals surface area contributed by atoms with Crippen molar-refractivity contribution in [3.05, 3.63) is 57.3 Å². The fraction of sp³-hybridized carbons (Fsp3) is 0.235. The second kappa shape index (κ2) is 7.63. The van der Waals surface area contributed by atoms with Gasteiger partial charge >= 0.3 is 0 Å². The van der Waals surface area contributed by atoms with Gasteiger partial charge in [-0.25, -0.2) is 0 Å². The number of aliphatic hydroxyl groups excluding tert-OH is 1. The molecule has 1 aromatic heterocycles. The van der Waals surface area contributed by atoms with Crippen molar-refractivity contribution in [2.45, 2.75) is 19.9 Å². The molecule has 0 saturated carbocycles. The van der Waals surface area contributed by atoms with Gasteiger partial charge in [-0.3, -0.25) is 4.79 Å². The molecule has 0 radical (unpaired) electrons. The Labute approximate surface area is 128 Å². The molecule has 0 bridgehead atoms. The molecule has 0 aliphatic rings. The molecule has 1 aromatic carbocycles. The van der Waals surface area contributed by atoms with E-state index in [1.807, 2.05) is 43.3 Å². The summed E-state index contributed by atoms with van der Waals surface area (Å²) in [6, 6.07) is 11.5. The highest BCUT2D eigenvalue weighted by molar-refractivity contribution is 7.13. The number of nitrogens with one attached hydrogen (secondary N) is 1. The highest BCUT2D eigenvalue weighted by atomic mass is 32.1. The van der Waals surface area contributed by atoms with Crippen LogP contribution in [-0.4, -0.2) is 17.6 Å². The van der Waals surface area contributed by atoms with Gasteiger partial charge in [0.2, 0.25) is 0 Å². The van der Waals surface area contributed by atoms with Crippen molar-refractivity contribution in [2.24, 2.45) is 0 Å². The Balaban J connectivity index is 2.03. The number of benzene rings is 1. The van der Waals surface area contributed by atoms with Gasteiger partial charge in [-0.15, -0.1) is 11.3 Å². The molecule has 0 saturated heterocycles. The van der Waals surface area contributed by atoms with E-state index in [-0.39, 0.29) is 12.5 Å². The number of aryl methyl sites for hydroxylation is 1. The molecule has 2 rings (SSSR count). The molecule has 108 valence electrons. The first kappa shape index (κ1) is 15.3. The lowest BCUT2D eigenvalue weighted by Crippen LogP contribution is -2.22. The zero-order valence-electron chi connectivity index (χ0n) is 11.8. The van der Waals surface area contributed by atoms with Gasteiger partial charge in [0.05, 0.1) is 11.5 Å². The zero-order chi connectivity index (χ0) is 15.1. The summed E-state index contributed by atoms with van der Waals surface area (Å²) in [5.74, 6) is 5.86. The molecule has 0 aliphatic heterocycles. The molecular weight excluding hydrogens is 282 g/mol. The largest absolute Gasteiger partial charge is 0.395 e. The van der Waals surface area contributed by atoms with Crippen LogP contribution in [0.4, 0.5) is 0 Å². The number of thiophene rings is 1. The Morgan fingerprint density at radius 1 is 1.29 bits per heavy atom. The lowest BCUT2D eigenvalue weighted by molar-refractivity contribution is 0.0955. The maximum absolute atomic E-state index is 12.0. The summed E-state index contributed by atoms with van der Waals surface area (Å²) in [7, 11) is 0. The predicted octanol–water partition coefficient (Wildman–Crippen LogP) is 2.72. The molecule has 0 atom stereocenters. The van der Waals surface area contributed by atoms with Gasteiger partial charge in [0, 0.05) is 23.4 Å². The van der Waals surface area contributed by atoms with Crippen LogP contribution in [0.25, 0.3) is 0 Å². The average Bonchev–Trinajstić information content (AvgIpc) is 2.93. The molecule has 2 N–H and O–H groups in total. The Morgan fingerprint density at radius 3 is 2.81 bits per heavy atom. The first-order valence-electron chi connectivity index (χ1n) is 6.73. The summed E-state index contributed by atoms with van der Waals surface area (Å²) < 4.78 is 0. The topological polar surface area (TPSA) is 49.3 Å². The Bertz CT molecular complexity index is 679. The van der Waals surface area contributed by atoms with Crippen LogP contribution < -0.4 is 5.32 Å². The van der Waals surface area contributed by atoms with E-state index in [1.54, 1.807) is 0 Å². The predicted molar refractivity (Wildman–Crippen MR) is 85.2 cm³/mol. The fourth-order valence-electron chi connectivity index (χ4n) is 1.83. The highest BCUT2D eigenvalue weighted by Crippen LogP contribution is 2.15. The van der Waals surface area contributed by atoms with E-state index in [9.17, 15) is 4.79 Å². The van der Waals surface area contributed by atoms with Gasteiger partial charge in [0.15, 0.2) is 0 Å². The molecule has 2 aromatic rings. The third kappa shape index (κ3) is 4.45. The third-order valence-corrected chi connectivity index (χ3v) is 3.88. The van der Waals surface area contributed by atoms with Crippen molar-refractivity contribution < 1.29 is 9.90 Å². The van der Waals surface area contributed by atoms with Crippen LogP contribution in [-0.2, 0) is 6.54 Å². The first-order valence-corrected chi connectivity index (χ1v) is 7.54. The normalized spacial score (nSPS) is 9.81. The number of carbonyl (C=O) groups excluding carboxylic acids is 1. The summed E-state index contributed by atoms with van der Waals surface area (Å²) in [5.41, 5.74) is 1.86. The van der Waals surface area contributed by atoms with E-state index in [4.69, 9.17) is 5.11 Å². The quantitative estimate of drug-likeness (QED) is 0.853. The van der Waals surface area contributed by atoms with Gasteiger partial charge < -0.3 is 10.4 Å². The lowest BCUT2D eigenvalue weighted by Gasteiger charge is -2.06. The third-order valence-electron chi connectivity index (χ3n) is 2.88. The summed E-state index contributed by atoms with van der Waals surface area (Å²) in [6.45, 7) is 2.48. The first-order chi connectivity index (χ1) is 10.2. The van der Waals surface area contributed by atoms with Crippen LogP contribution in [0.3, 0.4) is 0 Å². The number of hydrogen-bond donors (Lipinski definition) is 2. The molecule has 0 spiro atoms. The van der Waals surface area contributed by atoms with Crippen molar-refractivity contribution in [1.82, 2.24) is 5.32 Å². The zero-order valence-corrected chi connectivity index (χ0v) is 12.7. The summed E-state index contributed by atoms with van der Waals surface area (Å²) in [6.07, 6.45) is 0.454. The van der Waals surface area contributed by atoms with E-state index in [0.29, 0.717) is 13.0 Å². The van der Waals surface area contributed by atoms with Gasteiger partial charge in [-0.2, -0.15) is 0 Å². The highest BCUT2D eigenvalue weighted by Gasteiger charge is 2.08. The molecule has 21 heavy (non-hydrogen) atoms. The Morgan fingerprint density at radius 2 is 2.10 bits per heavy atom. The van der Waals surface area contributed by atoms with Crippen LogP contribution in [0.15, 0.2) is 36.4 Å². The molecule has 0 fully saturated rings. The monoisotopic (exact) mass is 299 g/mol. The van der Waals surface area contributed by atoms with Crippen LogP contribution in [0.2, 0.25) is 0 Å². The van der Waals surface area contributed by atoms with Crippen LogP contribution in [0, 0.1) is 18.8 Å². The summed E-state index contributed by atoms with van der Waals surface area (Å²) in [4.78, 5) is 13.9. The van der Waals surface area contributed by atoms with Crippen molar-refractivity contribution in [3.8, 4) is 11.8 Å². The van der Waals surface area contributed by atoms with Crippen LogP contribution in [0.5, 0.6) is 0 Å². The second-order valence-corrected chi connectivity index (χ2v) is 5.81. The molecule has 0 aliphatic carbocycles. The molecular formula is C17H17NO2S. The van der Waals surface area contributed by atoms with Gasteiger partial charge in [0.25, 0.3) is 5.91 Å². The molecule has 3 nitrogen and oxygen atoms in total. The number of hydrogen-bond acceptors (Lipinski definition) is 3. The van der Waals surface area contributed by atoms with Gasteiger partial charge in [0.1, 0.15) is 0 Å². The van der Waals surface area contributed by atoms with E-state index in [2.05, 4.69) is 17.2 Å². The summed E-state index contributed by atoms with van der Waals surface area (Å²) >= 11 is 1.48. The fourth-order valence-corrected chi connectivity index (χ4v) is 2.61. The van der Waals surface area contributed by atoms with E-state index < -0.39 is 0 Å². The van der Waals surface area contributed by atoms with Crippen molar-refractivity contribution in [3.63, 3.8) is 0 Å². The van der Waals surface area contributed by atoms with Gasteiger partial charge in [-0.05, 0) is 30.7 Å². The molecule has 1 amide bonds. The van der Waals surface area contributed by atoms with E-state index in [1.165, 1.54) is 11.3 Å². The van der Waals surface area contributed by atoms with E-state index >= 15 is 0 Å². The number of rotatable bonds is 4. The van der Waals surface area contributed by atoms with E-state index in [0.717, 1.165) is 20.9 Å². The maximum Gasteiger partial charge on any atom is 0.261 e. The summed E-state index contributed by atoms with van der Waals surface area (Å²) in [5, 5.41) is 11.7. The number of amides is 1. The Kier molecular flexibility index (Phi) is 5.56. The lowest BCUT2D eigenvalue weighted by atomic mass is 10.1. The van der Waals surface area contributed by atoms with Crippen LogP contribution in [0.1, 0.15) is 32.1 Å². The minimum Gasteiger partial charge on any atom is -0.395 e. The molecule has 0 unspecified atom stereocenters. The maximum atomic E-state index is 12.0. The van der Waals surface area contributed by atoms with Crippen LogP contribution >= 0.6 is 11.3 Å². The van der Waals surface area contributed by atoms with Crippen molar-refractivity contribution >= 4 is 17.2 Å². The molecule has 1 heterocycles.